The van der Waals surface area contributed by atoms with E-state index in [-0.39, 0.29) is 6.61 Å². The number of rotatable bonds is 4. The van der Waals surface area contributed by atoms with Crippen LogP contribution in [-0.4, -0.2) is 23.7 Å². The molecule has 3 nitrogen and oxygen atoms in total. The summed E-state index contributed by atoms with van der Waals surface area (Å²) in [7, 11) is 1.99. The van der Waals surface area contributed by atoms with Gasteiger partial charge >= 0.3 is 0 Å². The largest absolute Gasteiger partial charge is 0.392 e. The molecule has 1 aromatic heterocycles. The Morgan fingerprint density at radius 3 is 2.80 bits per heavy atom. The number of aliphatic hydroxyl groups excluding tert-OH is 1. The molecular weight excluding hydrogens is 188 g/mol. The predicted octanol–water partition coefficient (Wildman–Crippen LogP) is 1.89. The van der Waals surface area contributed by atoms with Crippen molar-refractivity contribution in [2.45, 2.75) is 20.5 Å². The van der Waals surface area contributed by atoms with Crippen LogP contribution >= 0.6 is 0 Å². The van der Waals surface area contributed by atoms with Gasteiger partial charge in [-0.05, 0) is 19.9 Å². The minimum Gasteiger partial charge on any atom is -0.392 e. The molecule has 1 N–H and O–H groups in total. The highest BCUT2D eigenvalue weighted by Crippen LogP contribution is 2.20. The molecule has 0 amide bonds. The first kappa shape index (κ1) is 11.7. The highest BCUT2D eigenvalue weighted by Gasteiger charge is 2.07. The van der Waals surface area contributed by atoms with Gasteiger partial charge in [-0.1, -0.05) is 12.2 Å². The molecule has 0 atom stereocenters. The summed E-state index contributed by atoms with van der Waals surface area (Å²) >= 11 is 0. The topological polar surface area (TPSA) is 36.4 Å². The van der Waals surface area contributed by atoms with Gasteiger partial charge in [0.2, 0.25) is 0 Å². The van der Waals surface area contributed by atoms with E-state index in [0.717, 1.165) is 29.1 Å². The van der Waals surface area contributed by atoms with Gasteiger partial charge in [0.05, 0.1) is 6.61 Å². The minimum absolute atomic E-state index is 0.0170. The first-order chi connectivity index (χ1) is 7.04. The molecule has 0 aliphatic carbocycles. The maximum Gasteiger partial charge on any atom is 0.0717 e. The summed E-state index contributed by atoms with van der Waals surface area (Å²) < 4.78 is 0. The third kappa shape index (κ3) is 3.06. The molecule has 0 bridgehead atoms. The number of aryl methyl sites for hydroxylation is 1. The molecule has 0 radical (unpaired) electrons. The Balaban J connectivity index is 2.99. The summed E-state index contributed by atoms with van der Waals surface area (Å²) in [6.07, 6.45) is 1.72. The van der Waals surface area contributed by atoms with E-state index in [9.17, 15) is 5.11 Å². The highest BCUT2D eigenvalue weighted by atomic mass is 16.3. The quantitative estimate of drug-likeness (QED) is 0.764. The predicted molar refractivity (Wildman–Crippen MR) is 63.0 cm³/mol. The first-order valence-electron chi connectivity index (χ1n) is 4.96. The third-order valence-electron chi connectivity index (χ3n) is 2.19. The van der Waals surface area contributed by atoms with E-state index in [1.807, 2.05) is 27.0 Å². The number of aromatic nitrogens is 1. The first-order valence-corrected chi connectivity index (χ1v) is 4.96. The van der Waals surface area contributed by atoms with Crippen LogP contribution in [0.1, 0.15) is 18.2 Å². The van der Waals surface area contributed by atoms with Crippen molar-refractivity contribution in [2.75, 3.05) is 18.5 Å². The summed E-state index contributed by atoms with van der Waals surface area (Å²) in [6, 6.07) is 1.98. The zero-order chi connectivity index (χ0) is 11.4. The van der Waals surface area contributed by atoms with E-state index in [0.29, 0.717) is 0 Å². The van der Waals surface area contributed by atoms with E-state index in [2.05, 4.69) is 16.5 Å². The SMILES string of the molecule is C=C(C)CN(C)c1cc(C)ncc1CO. The fourth-order valence-corrected chi connectivity index (χ4v) is 1.54. The van der Waals surface area contributed by atoms with Gasteiger partial charge in [0.15, 0.2) is 0 Å². The van der Waals surface area contributed by atoms with Crippen LogP contribution in [-0.2, 0) is 6.61 Å². The number of hydrogen-bond donors (Lipinski definition) is 1. The average Bonchev–Trinajstić information content (AvgIpc) is 2.16. The van der Waals surface area contributed by atoms with Gasteiger partial charge in [-0.3, -0.25) is 4.98 Å². The molecule has 0 saturated carbocycles. The standard InChI is InChI=1S/C12H18N2O/c1-9(2)7-14(4)12-5-10(3)13-6-11(12)8-15/h5-6,15H,1,7-8H2,2-4H3. The Morgan fingerprint density at radius 1 is 1.60 bits per heavy atom. The summed E-state index contributed by atoms with van der Waals surface area (Å²) in [4.78, 5) is 6.24. The van der Waals surface area contributed by atoms with Crippen molar-refractivity contribution in [3.63, 3.8) is 0 Å². The van der Waals surface area contributed by atoms with Crippen LogP contribution in [0.5, 0.6) is 0 Å². The molecule has 1 heterocycles. The van der Waals surface area contributed by atoms with E-state index >= 15 is 0 Å². The van der Waals surface area contributed by atoms with Gasteiger partial charge < -0.3 is 10.0 Å². The van der Waals surface area contributed by atoms with Gasteiger partial charge in [-0.2, -0.15) is 0 Å². The van der Waals surface area contributed by atoms with Crippen LogP contribution in [0.25, 0.3) is 0 Å². The van der Waals surface area contributed by atoms with E-state index in [1.165, 1.54) is 0 Å². The molecule has 15 heavy (non-hydrogen) atoms. The fraction of sp³-hybridized carbons (Fsp3) is 0.417. The number of pyridine rings is 1. The number of nitrogens with zero attached hydrogens (tertiary/aromatic N) is 2. The number of aliphatic hydroxyl groups is 1. The van der Waals surface area contributed by atoms with Crippen molar-refractivity contribution in [2.24, 2.45) is 0 Å². The van der Waals surface area contributed by atoms with Gasteiger partial charge in [-0.15, -0.1) is 0 Å². The summed E-state index contributed by atoms with van der Waals surface area (Å²) in [5.74, 6) is 0. The van der Waals surface area contributed by atoms with Crippen molar-refractivity contribution in [1.29, 1.82) is 0 Å². The van der Waals surface area contributed by atoms with Crippen LogP contribution in [0.4, 0.5) is 5.69 Å². The van der Waals surface area contributed by atoms with Gasteiger partial charge in [-0.25, -0.2) is 0 Å². The Bertz CT molecular complexity index is 361. The van der Waals surface area contributed by atoms with E-state index < -0.39 is 0 Å². The molecule has 3 heteroatoms. The zero-order valence-electron chi connectivity index (χ0n) is 9.62. The van der Waals surface area contributed by atoms with Crippen LogP contribution in [0.3, 0.4) is 0 Å². The zero-order valence-corrected chi connectivity index (χ0v) is 9.62. The maximum absolute atomic E-state index is 9.20. The second kappa shape index (κ2) is 4.94. The molecule has 0 aliphatic heterocycles. The van der Waals surface area contributed by atoms with Gasteiger partial charge in [0.25, 0.3) is 0 Å². The molecule has 0 unspecified atom stereocenters. The Labute approximate surface area is 91.1 Å². The molecule has 0 spiro atoms. The minimum atomic E-state index is 0.0170. The molecule has 0 aliphatic rings. The maximum atomic E-state index is 9.20. The summed E-state index contributed by atoms with van der Waals surface area (Å²) in [5, 5.41) is 9.20. The lowest BCUT2D eigenvalue weighted by molar-refractivity contribution is 0.281. The smallest absolute Gasteiger partial charge is 0.0717 e. The molecule has 0 aromatic carbocycles. The molecule has 1 aromatic rings. The second-order valence-corrected chi connectivity index (χ2v) is 3.93. The lowest BCUT2D eigenvalue weighted by Crippen LogP contribution is -2.20. The third-order valence-corrected chi connectivity index (χ3v) is 2.19. The average molecular weight is 206 g/mol. The number of hydrogen-bond acceptors (Lipinski definition) is 3. The Morgan fingerprint density at radius 2 is 2.27 bits per heavy atom. The van der Waals surface area contributed by atoms with Crippen LogP contribution in [0, 0.1) is 6.92 Å². The summed E-state index contributed by atoms with van der Waals surface area (Å²) in [6.45, 7) is 8.62. The van der Waals surface area contributed by atoms with E-state index in [1.54, 1.807) is 6.20 Å². The lowest BCUT2D eigenvalue weighted by atomic mass is 10.2. The molecule has 0 fully saturated rings. The monoisotopic (exact) mass is 206 g/mol. The normalized spacial score (nSPS) is 10.1. The Kier molecular flexibility index (Phi) is 3.86. The highest BCUT2D eigenvalue weighted by molar-refractivity contribution is 5.53. The van der Waals surface area contributed by atoms with Crippen molar-refractivity contribution in [3.8, 4) is 0 Å². The van der Waals surface area contributed by atoms with Crippen molar-refractivity contribution < 1.29 is 5.11 Å². The van der Waals surface area contributed by atoms with Crippen LogP contribution in [0.15, 0.2) is 24.4 Å². The lowest BCUT2D eigenvalue weighted by Gasteiger charge is -2.22. The van der Waals surface area contributed by atoms with Crippen LogP contribution < -0.4 is 4.90 Å². The molecule has 82 valence electrons. The molecule has 0 saturated heterocycles. The van der Waals surface area contributed by atoms with Crippen molar-refractivity contribution >= 4 is 5.69 Å². The van der Waals surface area contributed by atoms with Gasteiger partial charge in [0.1, 0.15) is 0 Å². The fourth-order valence-electron chi connectivity index (χ4n) is 1.54. The second-order valence-electron chi connectivity index (χ2n) is 3.93. The van der Waals surface area contributed by atoms with Crippen molar-refractivity contribution in [1.82, 2.24) is 4.98 Å². The summed E-state index contributed by atoms with van der Waals surface area (Å²) in [5.41, 5.74) is 3.92. The van der Waals surface area contributed by atoms with Crippen LogP contribution in [0.2, 0.25) is 0 Å². The van der Waals surface area contributed by atoms with Crippen molar-refractivity contribution in [3.05, 3.63) is 35.7 Å². The molecular formula is C12H18N2O. The number of likely N-dealkylation sites (N-methyl/N-ethyl adjacent to an activating group) is 1. The van der Waals surface area contributed by atoms with E-state index in [4.69, 9.17) is 0 Å². The number of anilines is 1. The Hall–Kier alpha value is -1.35. The van der Waals surface area contributed by atoms with Gasteiger partial charge in [0, 0.05) is 36.7 Å². The molecule has 1 rings (SSSR count).